The summed E-state index contributed by atoms with van der Waals surface area (Å²) in [5, 5.41) is 3.02. The highest BCUT2D eigenvalue weighted by molar-refractivity contribution is 7.13. The number of pyridine rings is 1. The van der Waals surface area contributed by atoms with Crippen LogP contribution in [0.3, 0.4) is 0 Å². The van der Waals surface area contributed by atoms with Crippen LogP contribution < -0.4 is 4.90 Å². The lowest BCUT2D eigenvalue weighted by Crippen LogP contribution is -2.20. The normalized spacial score (nSPS) is 11.6. The number of anilines is 1. The number of hydrogen-bond acceptors (Lipinski definition) is 4. The van der Waals surface area contributed by atoms with Crippen LogP contribution in [0.25, 0.3) is 10.6 Å². The lowest BCUT2D eigenvalue weighted by molar-refractivity contribution is 0.587. The highest BCUT2D eigenvalue weighted by Gasteiger charge is 2.21. The van der Waals surface area contributed by atoms with Crippen molar-refractivity contribution in [3.05, 3.63) is 29.4 Å². The lowest BCUT2D eigenvalue weighted by atomic mass is 9.86. The first kappa shape index (κ1) is 13.0. The predicted molar refractivity (Wildman–Crippen MR) is 78.4 cm³/mol. The van der Waals surface area contributed by atoms with Crippen LogP contribution >= 0.6 is 11.3 Å². The summed E-state index contributed by atoms with van der Waals surface area (Å²) in [6.07, 6.45) is 3.74. The second kappa shape index (κ2) is 4.69. The molecule has 0 bridgehead atoms. The molecule has 0 aliphatic heterocycles. The van der Waals surface area contributed by atoms with Gasteiger partial charge in [-0.05, 0) is 11.5 Å². The molecule has 0 saturated heterocycles. The maximum absolute atomic E-state index is 4.59. The van der Waals surface area contributed by atoms with E-state index in [2.05, 4.69) is 41.7 Å². The molecule has 2 heterocycles. The fourth-order valence-corrected chi connectivity index (χ4v) is 2.47. The Balaban J connectivity index is 2.56. The second-order valence-corrected chi connectivity index (χ2v) is 6.47. The predicted octanol–water partition coefficient (Wildman–Crippen LogP) is 3.57. The van der Waals surface area contributed by atoms with Crippen LogP contribution in [0, 0.1) is 0 Å². The van der Waals surface area contributed by atoms with Crippen LogP contribution in [0.5, 0.6) is 0 Å². The summed E-state index contributed by atoms with van der Waals surface area (Å²) in [7, 11) is 4.06. The summed E-state index contributed by atoms with van der Waals surface area (Å²) in [6.45, 7) is 6.63. The molecule has 0 saturated carbocycles. The molecule has 18 heavy (non-hydrogen) atoms. The van der Waals surface area contributed by atoms with Gasteiger partial charge in [0.2, 0.25) is 0 Å². The Morgan fingerprint density at radius 2 is 1.89 bits per heavy atom. The van der Waals surface area contributed by atoms with Gasteiger partial charge in [0, 0.05) is 43.0 Å². The molecule has 0 N–H and O–H groups in total. The monoisotopic (exact) mass is 261 g/mol. The fourth-order valence-electron chi connectivity index (χ4n) is 1.85. The molecule has 0 radical (unpaired) electrons. The van der Waals surface area contributed by atoms with Gasteiger partial charge in [-0.15, -0.1) is 11.3 Å². The average molecular weight is 261 g/mol. The Labute approximate surface area is 113 Å². The summed E-state index contributed by atoms with van der Waals surface area (Å²) in [4.78, 5) is 11.0. The van der Waals surface area contributed by atoms with Crippen LogP contribution in [0.4, 0.5) is 5.82 Å². The first-order valence-electron chi connectivity index (χ1n) is 5.97. The van der Waals surface area contributed by atoms with Crippen molar-refractivity contribution >= 4 is 17.2 Å². The molecule has 0 atom stereocenters. The molecule has 0 fully saturated rings. The van der Waals surface area contributed by atoms with Gasteiger partial charge in [-0.25, -0.2) is 9.97 Å². The van der Waals surface area contributed by atoms with E-state index in [1.807, 2.05) is 31.9 Å². The molecule has 2 rings (SSSR count). The lowest BCUT2D eigenvalue weighted by Gasteiger charge is -2.25. The number of hydrogen-bond donors (Lipinski definition) is 0. The van der Waals surface area contributed by atoms with E-state index in [0.29, 0.717) is 0 Å². The van der Waals surface area contributed by atoms with E-state index in [1.54, 1.807) is 11.3 Å². The van der Waals surface area contributed by atoms with Gasteiger partial charge < -0.3 is 4.90 Å². The van der Waals surface area contributed by atoms with Crippen molar-refractivity contribution in [2.75, 3.05) is 19.0 Å². The van der Waals surface area contributed by atoms with E-state index in [4.69, 9.17) is 0 Å². The zero-order valence-corrected chi connectivity index (χ0v) is 12.4. The largest absolute Gasteiger partial charge is 0.363 e. The molecular weight excluding hydrogens is 242 g/mol. The number of nitrogens with zero attached hydrogens (tertiary/aromatic N) is 3. The van der Waals surface area contributed by atoms with Gasteiger partial charge in [0.15, 0.2) is 0 Å². The summed E-state index contributed by atoms with van der Waals surface area (Å²) in [5.74, 6) is 1.03. The van der Waals surface area contributed by atoms with E-state index in [9.17, 15) is 0 Å². The third-order valence-electron chi connectivity index (χ3n) is 2.78. The van der Waals surface area contributed by atoms with Crippen molar-refractivity contribution < 1.29 is 0 Å². The van der Waals surface area contributed by atoms with Crippen LogP contribution in [0.1, 0.15) is 26.3 Å². The Morgan fingerprint density at radius 1 is 1.17 bits per heavy atom. The van der Waals surface area contributed by atoms with E-state index < -0.39 is 0 Å². The van der Waals surface area contributed by atoms with E-state index in [-0.39, 0.29) is 5.41 Å². The quantitative estimate of drug-likeness (QED) is 0.827. The molecule has 0 aliphatic carbocycles. The van der Waals surface area contributed by atoms with Crippen LogP contribution in [-0.4, -0.2) is 24.1 Å². The Kier molecular flexibility index (Phi) is 3.39. The summed E-state index contributed by atoms with van der Waals surface area (Å²) >= 11 is 1.64. The number of thiazole rings is 1. The average Bonchev–Trinajstić information content (AvgIpc) is 2.80. The molecule has 0 unspecified atom stereocenters. The van der Waals surface area contributed by atoms with Crippen molar-refractivity contribution in [3.8, 4) is 10.6 Å². The molecule has 2 aromatic heterocycles. The van der Waals surface area contributed by atoms with Crippen LogP contribution in [0.2, 0.25) is 0 Å². The SMILES string of the molecule is CN(C)c1ncc(-c2nccs2)cc1C(C)(C)C. The third kappa shape index (κ3) is 2.53. The Bertz CT molecular complexity index is 524. The van der Waals surface area contributed by atoms with Gasteiger partial charge in [-0.1, -0.05) is 20.8 Å². The van der Waals surface area contributed by atoms with Gasteiger partial charge in [0.25, 0.3) is 0 Å². The maximum Gasteiger partial charge on any atom is 0.131 e. The smallest absolute Gasteiger partial charge is 0.131 e. The molecule has 3 nitrogen and oxygen atoms in total. The minimum atomic E-state index is 0.0693. The van der Waals surface area contributed by atoms with Gasteiger partial charge in [-0.2, -0.15) is 0 Å². The minimum absolute atomic E-state index is 0.0693. The molecular formula is C14H19N3S. The third-order valence-corrected chi connectivity index (χ3v) is 3.60. The molecule has 0 aromatic carbocycles. The standard InChI is InChI=1S/C14H19N3S/c1-14(2,3)11-8-10(13-15-6-7-18-13)9-16-12(11)17(4)5/h6-9H,1-5H3. The van der Waals surface area contributed by atoms with Crippen molar-refractivity contribution in [1.82, 2.24) is 9.97 Å². The van der Waals surface area contributed by atoms with Gasteiger partial charge in [0.05, 0.1) is 0 Å². The van der Waals surface area contributed by atoms with Crippen molar-refractivity contribution in [3.63, 3.8) is 0 Å². The van der Waals surface area contributed by atoms with Crippen molar-refractivity contribution in [2.24, 2.45) is 0 Å². The van der Waals surface area contributed by atoms with Crippen molar-refractivity contribution in [2.45, 2.75) is 26.2 Å². The molecule has 0 amide bonds. The minimum Gasteiger partial charge on any atom is -0.363 e. The van der Waals surface area contributed by atoms with Crippen molar-refractivity contribution in [1.29, 1.82) is 0 Å². The molecule has 2 aromatic rings. The second-order valence-electron chi connectivity index (χ2n) is 5.58. The van der Waals surface area contributed by atoms with Gasteiger partial charge in [0.1, 0.15) is 10.8 Å². The molecule has 0 aliphatic rings. The maximum atomic E-state index is 4.59. The van der Waals surface area contributed by atoms with Crippen LogP contribution in [0.15, 0.2) is 23.8 Å². The zero-order chi connectivity index (χ0) is 13.3. The summed E-state index contributed by atoms with van der Waals surface area (Å²) < 4.78 is 0. The van der Waals surface area contributed by atoms with E-state index in [1.165, 1.54) is 5.56 Å². The number of aromatic nitrogens is 2. The van der Waals surface area contributed by atoms with Gasteiger partial charge >= 0.3 is 0 Å². The van der Waals surface area contributed by atoms with E-state index in [0.717, 1.165) is 16.4 Å². The Hall–Kier alpha value is -1.42. The fraction of sp³-hybridized carbons (Fsp3) is 0.429. The highest BCUT2D eigenvalue weighted by atomic mass is 32.1. The van der Waals surface area contributed by atoms with Crippen LogP contribution in [-0.2, 0) is 5.41 Å². The number of rotatable bonds is 2. The Morgan fingerprint density at radius 3 is 2.39 bits per heavy atom. The molecule has 96 valence electrons. The highest BCUT2D eigenvalue weighted by Crippen LogP contribution is 2.33. The molecule has 4 heteroatoms. The topological polar surface area (TPSA) is 29.0 Å². The molecule has 0 spiro atoms. The summed E-state index contributed by atoms with van der Waals surface area (Å²) in [6, 6.07) is 2.21. The van der Waals surface area contributed by atoms with E-state index >= 15 is 0 Å². The summed E-state index contributed by atoms with van der Waals surface area (Å²) in [5.41, 5.74) is 2.42. The zero-order valence-electron chi connectivity index (χ0n) is 11.6. The van der Waals surface area contributed by atoms with Gasteiger partial charge in [-0.3, -0.25) is 0 Å². The first-order valence-corrected chi connectivity index (χ1v) is 6.85. The first-order chi connectivity index (χ1) is 8.39.